The average molecular weight is 287 g/mol. The number of hydrogen-bond acceptors (Lipinski definition) is 0. The third kappa shape index (κ3) is 1.86. The zero-order valence-electron chi connectivity index (χ0n) is 14.5. The second-order valence-corrected chi connectivity index (χ2v) is 9.21. The molecule has 0 aromatic rings. The van der Waals surface area contributed by atoms with Gasteiger partial charge in [-0.2, -0.15) is 0 Å². The highest BCUT2D eigenvalue weighted by molar-refractivity contribution is 5.23. The van der Waals surface area contributed by atoms with E-state index in [9.17, 15) is 0 Å². The van der Waals surface area contributed by atoms with Crippen molar-refractivity contribution in [1.82, 2.24) is 0 Å². The summed E-state index contributed by atoms with van der Waals surface area (Å²) >= 11 is 0. The molecule has 0 aromatic carbocycles. The number of hydrogen-bond donors (Lipinski definition) is 0. The molecule has 1 unspecified atom stereocenters. The highest BCUT2D eigenvalue weighted by Crippen LogP contribution is 2.67. The minimum atomic E-state index is 0.577. The van der Waals surface area contributed by atoms with Gasteiger partial charge in [0.2, 0.25) is 0 Å². The molecular weight excluding hydrogens is 252 g/mol. The number of rotatable bonds is 0. The van der Waals surface area contributed by atoms with Gasteiger partial charge in [0.25, 0.3) is 0 Å². The molecule has 0 N–H and O–H groups in total. The summed E-state index contributed by atoms with van der Waals surface area (Å²) in [5.41, 5.74) is 3.09. The first-order valence-electron chi connectivity index (χ1n) is 9.75. The minimum absolute atomic E-state index is 0.577. The van der Waals surface area contributed by atoms with Gasteiger partial charge in [-0.15, -0.1) is 0 Å². The summed E-state index contributed by atoms with van der Waals surface area (Å²) in [4.78, 5) is 0. The topological polar surface area (TPSA) is 0 Å². The normalized spacial score (nSPS) is 54.9. The van der Waals surface area contributed by atoms with Crippen LogP contribution in [0, 0.1) is 34.5 Å². The molecule has 4 aliphatic rings. The van der Waals surface area contributed by atoms with Crippen LogP contribution in [0.2, 0.25) is 0 Å². The van der Waals surface area contributed by atoms with E-state index < -0.39 is 0 Å². The Bertz CT molecular complexity index is 447. The molecular formula is C21H34. The van der Waals surface area contributed by atoms with Crippen molar-refractivity contribution in [3.05, 3.63) is 11.6 Å². The molecule has 118 valence electrons. The van der Waals surface area contributed by atoms with Gasteiger partial charge in [-0.1, -0.05) is 38.3 Å². The van der Waals surface area contributed by atoms with Crippen molar-refractivity contribution in [1.29, 1.82) is 0 Å². The van der Waals surface area contributed by atoms with Crippen molar-refractivity contribution in [3.8, 4) is 0 Å². The van der Waals surface area contributed by atoms with Crippen molar-refractivity contribution in [3.63, 3.8) is 0 Å². The molecule has 0 aliphatic heterocycles. The van der Waals surface area contributed by atoms with E-state index in [0.717, 1.165) is 23.7 Å². The third-order valence-corrected chi connectivity index (χ3v) is 8.78. The Morgan fingerprint density at radius 3 is 2.57 bits per heavy atom. The van der Waals surface area contributed by atoms with Crippen LogP contribution in [0.15, 0.2) is 11.6 Å². The lowest BCUT2D eigenvalue weighted by atomic mass is 9.45. The lowest BCUT2D eigenvalue weighted by Gasteiger charge is -2.60. The number of allylic oxidation sites excluding steroid dienone is 2. The van der Waals surface area contributed by atoms with Crippen molar-refractivity contribution in [2.75, 3.05) is 0 Å². The van der Waals surface area contributed by atoms with Crippen LogP contribution >= 0.6 is 0 Å². The average Bonchev–Trinajstić information content (AvgIpc) is 2.83. The van der Waals surface area contributed by atoms with E-state index in [1.165, 1.54) is 38.5 Å². The Hall–Kier alpha value is -0.260. The molecule has 6 atom stereocenters. The SMILES string of the molecule is C/C=C1\CC[C@H]2[C@@H]3CCC4CCCC[C@]4(C)[C@H]3CC[C@]12C. The van der Waals surface area contributed by atoms with Gasteiger partial charge in [0, 0.05) is 0 Å². The van der Waals surface area contributed by atoms with Crippen LogP contribution in [-0.2, 0) is 0 Å². The molecule has 0 amide bonds. The van der Waals surface area contributed by atoms with Crippen LogP contribution in [0.4, 0.5) is 0 Å². The second-order valence-electron chi connectivity index (χ2n) is 9.21. The monoisotopic (exact) mass is 286 g/mol. The van der Waals surface area contributed by atoms with Crippen LogP contribution in [0.3, 0.4) is 0 Å². The molecule has 0 bridgehead atoms. The summed E-state index contributed by atoms with van der Waals surface area (Å²) in [6.07, 6.45) is 17.6. The fraction of sp³-hybridized carbons (Fsp3) is 0.905. The molecule has 4 aliphatic carbocycles. The first-order chi connectivity index (χ1) is 10.1. The lowest BCUT2D eigenvalue weighted by Crippen LogP contribution is -2.52. The van der Waals surface area contributed by atoms with Gasteiger partial charge in [-0.05, 0) is 92.8 Å². The minimum Gasteiger partial charge on any atom is -0.0879 e. The summed E-state index contributed by atoms with van der Waals surface area (Å²) in [6, 6.07) is 0. The standard InChI is InChI=1S/C21H34/c1-4-15-9-11-18-17-10-8-16-7-5-6-13-20(16,2)19(17)12-14-21(15,18)3/h4,16-19H,5-14H2,1-3H3/b15-4+/t16?,17-,18-,19-,20-,21+/m0/s1. The quantitative estimate of drug-likeness (QED) is 0.454. The molecule has 21 heavy (non-hydrogen) atoms. The van der Waals surface area contributed by atoms with Gasteiger partial charge < -0.3 is 0 Å². The van der Waals surface area contributed by atoms with E-state index >= 15 is 0 Å². The van der Waals surface area contributed by atoms with E-state index in [-0.39, 0.29) is 0 Å². The predicted molar refractivity (Wildman–Crippen MR) is 90.1 cm³/mol. The second kappa shape index (κ2) is 4.87. The van der Waals surface area contributed by atoms with E-state index in [1.54, 1.807) is 25.7 Å². The molecule has 4 saturated carbocycles. The molecule has 0 heterocycles. The molecule has 0 radical (unpaired) electrons. The molecule has 0 aromatic heterocycles. The molecule has 0 heteroatoms. The highest BCUT2D eigenvalue weighted by Gasteiger charge is 2.58. The molecule has 0 nitrogen and oxygen atoms in total. The summed E-state index contributed by atoms with van der Waals surface area (Å²) < 4.78 is 0. The van der Waals surface area contributed by atoms with Crippen LogP contribution in [-0.4, -0.2) is 0 Å². The first-order valence-corrected chi connectivity index (χ1v) is 9.75. The van der Waals surface area contributed by atoms with Gasteiger partial charge >= 0.3 is 0 Å². The van der Waals surface area contributed by atoms with Crippen LogP contribution < -0.4 is 0 Å². The Balaban J connectivity index is 1.66. The zero-order chi connectivity index (χ0) is 14.7. The molecule has 4 rings (SSSR count). The first kappa shape index (κ1) is 14.3. The van der Waals surface area contributed by atoms with E-state index in [4.69, 9.17) is 0 Å². The van der Waals surface area contributed by atoms with E-state index in [1.807, 2.05) is 5.57 Å². The maximum atomic E-state index is 2.70. The Morgan fingerprint density at radius 1 is 0.905 bits per heavy atom. The van der Waals surface area contributed by atoms with Crippen LogP contribution in [0.1, 0.15) is 85.0 Å². The highest BCUT2D eigenvalue weighted by atomic mass is 14.6. The summed E-state index contributed by atoms with van der Waals surface area (Å²) in [7, 11) is 0. The summed E-state index contributed by atoms with van der Waals surface area (Å²) in [5.74, 6) is 4.20. The Kier molecular flexibility index (Phi) is 3.32. The molecule has 0 saturated heterocycles. The van der Waals surface area contributed by atoms with Gasteiger partial charge in [0.1, 0.15) is 0 Å². The largest absolute Gasteiger partial charge is 0.0879 e. The fourth-order valence-electron chi connectivity index (χ4n) is 7.62. The number of fused-ring (bicyclic) bond motifs is 5. The molecule has 0 spiro atoms. The zero-order valence-corrected chi connectivity index (χ0v) is 14.5. The van der Waals surface area contributed by atoms with Gasteiger partial charge in [-0.25, -0.2) is 0 Å². The summed E-state index contributed by atoms with van der Waals surface area (Å²) in [6.45, 7) is 7.60. The van der Waals surface area contributed by atoms with Crippen LogP contribution in [0.5, 0.6) is 0 Å². The Morgan fingerprint density at radius 2 is 1.76 bits per heavy atom. The van der Waals surface area contributed by atoms with Crippen molar-refractivity contribution >= 4 is 0 Å². The van der Waals surface area contributed by atoms with Crippen molar-refractivity contribution < 1.29 is 0 Å². The van der Waals surface area contributed by atoms with E-state index in [2.05, 4.69) is 26.8 Å². The van der Waals surface area contributed by atoms with Crippen molar-refractivity contribution in [2.45, 2.75) is 85.0 Å². The fourth-order valence-corrected chi connectivity index (χ4v) is 7.62. The van der Waals surface area contributed by atoms with Gasteiger partial charge in [0.15, 0.2) is 0 Å². The summed E-state index contributed by atoms with van der Waals surface area (Å²) in [5, 5.41) is 0. The lowest BCUT2D eigenvalue weighted by molar-refractivity contribution is -0.0972. The Labute approximate surface area is 131 Å². The van der Waals surface area contributed by atoms with Gasteiger partial charge in [0.05, 0.1) is 0 Å². The predicted octanol–water partition coefficient (Wildman–Crippen LogP) is 6.37. The van der Waals surface area contributed by atoms with E-state index in [0.29, 0.717) is 10.8 Å². The van der Waals surface area contributed by atoms with Crippen molar-refractivity contribution in [2.24, 2.45) is 34.5 Å². The third-order valence-electron chi connectivity index (χ3n) is 8.78. The van der Waals surface area contributed by atoms with Gasteiger partial charge in [-0.3, -0.25) is 0 Å². The maximum absolute atomic E-state index is 2.70. The van der Waals surface area contributed by atoms with Crippen LogP contribution in [0.25, 0.3) is 0 Å². The maximum Gasteiger partial charge on any atom is -0.00853 e. The smallest absolute Gasteiger partial charge is 0.00853 e. The molecule has 4 fully saturated rings.